The number of nitrogens with zero attached hydrogens (tertiary/aromatic N) is 3. The van der Waals surface area contributed by atoms with Gasteiger partial charge in [-0.15, -0.1) is 10.2 Å². The van der Waals surface area contributed by atoms with E-state index >= 15 is 0 Å². The highest BCUT2D eigenvalue weighted by atomic mass is 19.4. The lowest BCUT2D eigenvalue weighted by Gasteiger charge is -2.18. The lowest BCUT2D eigenvalue weighted by Crippen LogP contribution is -2.19. The van der Waals surface area contributed by atoms with Crippen LogP contribution in [0.25, 0.3) is 0 Å². The van der Waals surface area contributed by atoms with Crippen LogP contribution in [0, 0.1) is 11.6 Å². The highest BCUT2D eigenvalue weighted by Crippen LogP contribution is 2.32. The average Bonchev–Trinajstić information content (AvgIpc) is 2.70. The Labute approximate surface area is 129 Å². The van der Waals surface area contributed by atoms with E-state index in [1.807, 2.05) is 0 Å². The molecule has 0 saturated carbocycles. The van der Waals surface area contributed by atoms with E-state index in [0.717, 1.165) is 6.07 Å². The second-order valence-electron chi connectivity index (χ2n) is 5.67. The molecule has 124 valence electrons. The summed E-state index contributed by atoms with van der Waals surface area (Å²) in [5, 5.41) is 7.43. The molecule has 0 fully saturated rings. The van der Waals surface area contributed by atoms with Gasteiger partial charge < -0.3 is 4.57 Å². The summed E-state index contributed by atoms with van der Waals surface area (Å²) in [4.78, 5) is 0. The molecule has 1 aliphatic rings. The number of fused-ring (bicyclic) bond motifs is 1. The molecular formula is C15H14F5N3. The number of hydrogen-bond acceptors (Lipinski definition) is 2. The zero-order valence-electron chi connectivity index (χ0n) is 12.1. The van der Waals surface area contributed by atoms with Crippen molar-refractivity contribution in [2.75, 3.05) is 0 Å². The summed E-state index contributed by atoms with van der Waals surface area (Å²) in [5.74, 6) is -2.02. The first-order valence-corrected chi connectivity index (χ1v) is 7.27. The van der Waals surface area contributed by atoms with Crippen molar-refractivity contribution in [1.29, 1.82) is 0 Å². The molecule has 0 aliphatic carbocycles. The molecule has 3 nitrogen and oxygen atoms in total. The summed E-state index contributed by atoms with van der Waals surface area (Å²) >= 11 is 0. The zero-order valence-corrected chi connectivity index (χ0v) is 12.1. The molecule has 23 heavy (non-hydrogen) atoms. The van der Waals surface area contributed by atoms with E-state index in [2.05, 4.69) is 10.2 Å². The van der Waals surface area contributed by atoms with E-state index in [9.17, 15) is 22.0 Å². The van der Waals surface area contributed by atoms with Gasteiger partial charge in [-0.2, -0.15) is 13.2 Å². The fraction of sp³-hybridized carbons (Fsp3) is 0.467. The van der Waals surface area contributed by atoms with Crippen LogP contribution in [-0.2, 0) is 19.4 Å². The van der Waals surface area contributed by atoms with Crippen LogP contribution in [0.1, 0.15) is 36.0 Å². The maximum atomic E-state index is 14.0. The molecule has 1 aromatic carbocycles. The second kappa shape index (κ2) is 5.90. The molecule has 2 aromatic rings. The predicted molar refractivity (Wildman–Crippen MR) is 71.8 cm³/mol. The number of benzene rings is 1. The molecule has 0 bridgehead atoms. The molecule has 0 radical (unpaired) electrons. The summed E-state index contributed by atoms with van der Waals surface area (Å²) in [6.45, 7) is 0.119. The largest absolute Gasteiger partial charge is 0.396 e. The van der Waals surface area contributed by atoms with Crippen molar-refractivity contribution >= 4 is 0 Å². The highest BCUT2D eigenvalue weighted by Gasteiger charge is 2.33. The maximum Gasteiger partial charge on any atom is 0.396 e. The van der Waals surface area contributed by atoms with Gasteiger partial charge in [-0.05, 0) is 24.5 Å². The molecule has 0 spiro atoms. The number of halogens is 5. The van der Waals surface area contributed by atoms with Gasteiger partial charge in [0, 0.05) is 18.9 Å². The molecule has 0 amide bonds. The van der Waals surface area contributed by atoms with Crippen molar-refractivity contribution in [3.05, 3.63) is 47.0 Å². The second-order valence-corrected chi connectivity index (χ2v) is 5.67. The quantitative estimate of drug-likeness (QED) is 0.784. The number of aromatic nitrogens is 3. The van der Waals surface area contributed by atoms with Gasteiger partial charge in [0.1, 0.15) is 18.1 Å². The van der Waals surface area contributed by atoms with Crippen LogP contribution in [0.5, 0.6) is 0 Å². The molecule has 3 rings (SSSR count). The van der Waals surface area contributed by atoms with Crippen molar-refractivity contribution < 1.29 is 22.0 Å². The molecule has 2 heterocycles. The minimum absolute atomic E-state index is 0.119. The first-order chi connectivity index (χ1) is 10.8. The van der Waals surface area contributed by atoms with Crippen LogP contribution in [0.4, 0.5) is 22.0 Å². The van der Waals surface area contributed by atoms with E-state index in [1.165, 1.54) is 16.7 Å². The fourth-order valence-electron chi connectivity index (χ4n) is 2.99. The van der Waals surface area contributed by atoms with Crippen LogP contribution >= 0.6 is 0 Å². The van der Waals surface area contributed by atoms with Gasteiger partial charge in [0.15, 0.2) is 11.6 Å². The van der Waals surface area contributed by atoms with Crippen LogP contribution in [0.3, 0.4) is 0 Å². The number of alkyl halides is 3. The van der Waals surface area contributed by atoms with Gasteiger partial charge in [0.05, 0.1) is 0 Å². The van der Waals surface area contributed by atoms with Gasteiger partial charge in [0.25, 0.3) is 0 Å². The highest BCUT2D eigenvalue weighted by molar-refractivity contribution is 5.24. The normalized spacial score (nSPS) is 18.6. The van der Waals surface area contributed by atoms with Gasteiger partial charge in [-0.3, -0.25) is 0 Å². The Morgan fingerprint density at radius 3 is 2.70 bits per heavy atom. The number of hydrogen-bond donors (Lipinski definition) is 0. The van der Waals surface area contributed by atoms with Crippen LogP contribution in [0.15, 0.2) is 18.2 Å². The lowest BCUT2D eigenvalue weighted by atomic mass is 9.93. The fourth-order valence-corrected chi connectivity index (χ4v) is 2.99. The predicted octanol–water partition coefficient (Wildman–Crippen LogP) is 3.78. The third-order valence-corrected chi connectivity index (χ3v) is 4.04. The van der Waals surface area contributed by atoms with E-state index in [1.54, 1.807) is 0 Å². The van der Waals surface area contributed by atoms with Gasteiger partial charge in [0.2, 0.25) is 0 Å². The van der Waals surface area contributed by atoms with Crippen LogP contribution in [0.2, 0.25) is 0 Å². The smallest absolute Gasteiger partial charge is 0.314 e. The third kappa shape index (κ3) is 3.35. The molecule has 1 aromatic heterocycles. The van der Waals surface area contributed by atoms with Gasteiger partial charge in [-0.25, -0.2) is 8.78 Å². The van der Waals surface area contributed by atoms with Crippen LogP contribution < -0.4 is 0 Å². The molecule has 1 aliphatic heterocycles. The monoisotopic (exact) mass is 331 g/mol. The molecule has 0 N–H and O–H groups in total. The van der Waals surface area contributed by atoms with Gasteiger partial charge >= 0.3 is 6.18 Å². The minimum atomic E-state index is -4.39. The van der Waals surface area contributed by atoms with Gasteiger partial charge in [-0.1, -0.05) is 12.1 Å². The Balaban J connectivity index is 1.94. The van der Waals surface area contributed by atoms with E-state index in [4.69, 9.17) is 0 Å². The topological polar surface area (TPSA) is 30.7 Å². The SMILES string of the molecule is Fc1cccc(C2CCCc3nnc(CC(F)(F)F)n3C2)c1F. The summed E-state index contributed by atoms with van der Waals surface area (Å²) in [6.07, 6.45) is -3.92. The van der Waals surface area contributed by atoms with E-state index in [0.29, 0.717) is 25.1 Å². The molecule has 0 saturated heterocycles. The van der Waals surface area contributed by atoms with Crippen molar-refractivity contribution in [3.8, 4) is 0 Å². The summed E-state index contributed by atoms with van der Waals surface area (Å²) in [5.41, 5.74) is 0.185. The Bertz CT molecular complexity index is 708. The standard InChI is InChI=1S/C15H14F5N3/c16-11-5-2-4-10(14(11)17)9-3-1-6-12-21-22-13(23(12)8-9)7-15(18,19)20/h2,4-5,9H,1,3,6-8H2. The summed E-state index contributed by atoms with van der Waals surface area (Å²) in [6, 6.07) is 3.90. The Morgan fingerprint density at radius 2 is 1.96 bits per heavy atom. The lowest BCUT2D eigenvalue weighted by molar-refractivity contribution is -0.129. The Hall–Kier alpha value is -1.99. The zero-order chi connectivity index (χ0) is 16.6. The Kier molecular flexibility index (Phi) is 4.08. The number of rotatable bonds is 2. The minimum Gasteiger partial charge on any atom is -0.314 e. The van der Waals surface area contributed by atoms with E-state index in [-0.39, 0.29) is 17.9 Å². The molecule has 1 unspecified atom stereocenters. The van der Waals surface area contributed by atoms with Crippen LogP contribution in [-0.4, -0.2) is 20.9 Å². The third-order valence-electron chi connectivity index (χ3n) is 4.04. The van der Waals surface area contributed by atoms with Crippen molar-refractivity contribution in [2.24, 2.45) is 0 Å². The summed E-state index contributed by atoms with van der Waals surface area (Å²) in [7, 11) is 0. The van der Waals surface area contributed by atoms with Crippen molar-refractivity contribution in [3.63, 3.8) is 0 Å². The van der Waals surface area contributed by atoms with E-state index < -0.39 is 30.1 Å². The molecule has 1 atom stereocenters. The van der Waals surface area contributed by atoms with Crippen molar-refractivity contribution in [2.45, 2.75) is 44.3 Å². The maximum absolute atomic E-state index is 14.0. The summed E-state index contributed by atoms with van der Waals surface area (Å²) < 4.78 is 66.7. The number of aryl methyl sites for hydroxylation is 1. The Morgan fingerprint density at radius 1 is 1.17 bits per heavy atom. The van der Waals surface area contributed by atoms with Crippen molar-refractivity contribution in [1.82, 2.24) is 14.8 Å². The molecular weight excluding hydrogens is 317 g/mol. The average molecular weight is 331 g/mol. The first kappa shape index (κ1) is 15.9. The molecule has 8 heteroatoms. The first-order valence-electron chi connectivity index (χ1n) is 7.27.